The van der Waals surface area contributed by atoms with E-state index in [1.54, 1.807) is 18.2 Å². The summed E-state index contributed by atoms with van der Waals surface area (Å²) >= 11 is 0. The van der Waals surface area contributed by atoms with Crippen molar-refractivity contribution in [2.75, 3.05) is 11.9 Å². The first-order valence-corrected chi connectivity index (χ1v) is 6.62. The minimum absolute atomic E-state index is 0.0796. The zero-order valence-electron chi connectivity index (χ0n) is 11.6. The molecule has 4 heteroatoms. The van der Waals surface area contributed by atoms with Crippen LogP contribution < -0.4 is 10.1 Å². The molecule has 106 valence electrons. The van der Waals surface area contributed by atoms with E-state index in [4.69, 9.17) is 4.74 Å². The van der Waals surface area contributed by atoms with Gasteiger partial charge in [0.05, 0.1) is 18.2 Å². The Bertz CT molecular complexity index is 546. The highest BCUT2D eigenvalue weighted by Gasteiger charge is 2.14. The molecular weight excluding hydrogens is 254 g/mol. The monoisotopic (exact) mass is 273 g/mol. The molecule has 0 amide bonds. The van der Waals surface area contributed by atoms with E-state index >= 15 is 0 Å². The second kappa shape index (κ2) is 6.19. The predicted molar refractivity (Wildman–Crippen MR) is 79.4 cm³/mol. The number of anilines is 1. The Morgan fingerprint density at radius 2 is 1.65 bits per heavy atom. The SMILES string of the molecule is CCOc1ccc(NC(C)c2c(O)cccc2O)cc1. The molecule has 0 aliphatic rings. The zero-order valence-corrected chi connectivity index (χ0v) is 11.6. The Kier molecular flexibility index (Phi) is 4.35. The number of nitrogens with one attached hydrogen (secondary N) is 1. The number of phenols is 2. The van der Waals surface area contributed by atoms with Gasteiger partial charge in [0.1, 0.15) is 17.2 Å². The van der Waals surface area contributed by atoms with E-state index < -0.39 is 0 Å². The maximum atomic E-state index is 9.83. The molecule has 0 heterocycles. The summed E-state index contributed by atoms with van der Waals surface area (Å²) in [5.74, 6) is 0.975. The van der Waals surface area contributed by atoms with Crippen LogP contribution in [0.25, 0.3) is 0 Å². The van der Waals surface area contributed by atoms with Gasteiger partial charge in [0.15, 0.2) is 0 Å². The third kappa shape index (κ3) is 3.15. The molecule has 0 saturated carbocycles. The molecule has 2 rings (SSSR count). The van der Waals surface area contributed by atoms with Gasteiger partial charge in [0.2, 0.25) is 0 Å². The average Bonchev–Trinajstić information content (AvgIpc) is 2.41. The second-order valence-electron chi connectivity index (χ2n) is 4.53. The number of aromatic hydroxyl groups is 2. The number of phenolic OH excluding ortho intramolecular Hbond substituents is 2. The van der Waals surface area contributed by atoms with Gasteiger partial charge in [-0.05, 0) is 50.2 Å². The van der Waals surface area contributed by atoms with Crippen LogP contribution in [0.4, 0.5) is 5.69 Å². The summed E-state index contributed by atoms with van der Waals surface area (Å²) in [7, 11) is 0. The van der Waals surface area contributed by atoms with Crippen LogP contribution in [-0.4, -0.2) is 16.8 Å². The third-order valence-electron chi connectivity index (χ3n) is 3.04. The van der Waals surface area contributed by atoms with E-state index in [1.807, 2.05) is 38.1 Å². The van der Waals surface area contributed by atoms with Crippen LogP contribution in [0.2, 0.25) is 0 Å². The number of rotatable bonds is 5. The standard InChI is InChI=1S/C16H19NO3/c1-3-20-13-9-7-12(8-10-13)17-11(2)16-14(18)5-4-6-15(16)19/h4-11,17-19H,3H2,1-2H3. The normalized spacial score (nSPS) is 11.9. The van der Waals surface area contributed by atoms with Crippen molar-refractivity contribution in [2.24, 2.45) is 0 Å². The highest BCUT2D eigenvalue weighted by molar-refractivity contribution is 5.52. The summed E-state index contributed by atoms with van der Waals surface area (Å²) in [6, 6.07) is 12.1. The molecule has 0 aliphatic carbocycles. The van der Waals surface area contributed by atoms with Crippen LogP contribution in [0.15, 0.2) is 42.5 Å². The molecule has 0 spiro atoms. The van der Waals surface area contributed by atoms with Crippen molar-refractivity contribution in [1.82, 2.24) is 0 Å². The molecule has 20 heavy (non-hydrogen) atoms. The highest BCUT2D eigenvalue weighted by Crippen LogP contribution is 2.34. The molecule has 3 N–H and O–H groups in total. The first-order valence-electron chi connectivity index (χ1n) is 6.62. The van der Waals surface area contributed by atoms with Crippen LogP contribution in [0.3, 0.4) is 0 Å². The van der Waals surface area contributed by atoms with Crippen molar-refractivity contribution in [2.45, 2.75) is 19.9 Å². The van der Waals surface area contributed by atoms with Gasteiger partial charge in [-0.25, -0.2) is 0 Å². The van der Waals surface area contributed by atoms with E-state index in [0.717, 1.165) is 11.4 Å². The third-order valence-corrected chi connectivity index (χ3v) is 3.04. The summed E-state index contributed by atoms with van der Waals surface area (Å²) in [5, 5.41) is 22.9. The topological polar surface area (TPSA) is 61.7 Å². The van der Waals surface area contributed by atoms with Crippen molar-refractivity contribution >= 4 is 5.69 Å². The van der Waals surface area contributed by atoms with E-state index in [-0.39, 0.29) is 17.5 Å². The second-order valence-corrected chi connectivity index (χ2v) is 4.53. The van der Waals surface area contributed by atoms with Crippen molar-refractivity contribution < 1.29 is 14.9 Å². The molecular formula is C16H19NO3. The van der Waals surface area contributed by atoms with Crippen molar-refractivity contribution in [1.29, 1.82) is 0 Å². The fourth-order valence-electron chi connectivity index (χ4n) is 2.12. The molecule has 4 nitrogen and oxygen atoms in total. The van der Waals surface area contributed by atoms with Gasteiger partial charge in [-0.2, -0.15) is 0 Å². The molecule has 0 aromatic heterocycles. The lowest BCUT2D eigenvalue weighted by molar-refractivity contribution is 0.340. The summed E-state index contributed by atoms with van der Waals surface area (Å²) in [6.45, 7) is 4.45. The maximum Gasteiger partial charge on any atom is 0.124 e. The summed E-state index contributed by atoms with van der Waals surface area (Å²) in [6.07, 6.45) is 0. The number of hydrogen-bond acceptors (Lipinski definition) is 4. The Morgan fingerprint density at radius 1 is 1.05 bits per heavy atom. The lowest BCUT2D eigenvalue weighted by Gasteiger charge is -2.18. The first kappa shape index (κ1) is 14.1. The molecule has 2 aromatic carbocycles. The van der Waals surface area contributed by atoms with E-state index in [0.29, 0.717) is 12.2 Å². The predicted octanol–water partition coefficient (Wildman–Crippen LogP) is 3.67. The molecule has 0 radical (unpaired) electrons. The minimum atomic E-state index is -0.214. The lowest BCUT2D eigenvalue weighted by atomic mass is 10.1. The van der Waals surface area contributed by atoms with Crippen LogP contribution >= 0.6 is 0 Å². The Labute approximate surface area is 118 Å². The molecule has 1 unspecified atom stereocenters. The number of ether oxygens (including phenoxy) is 1. The number of hydrogen-bond donors (Lipinski definition) is 3. The van der Waals surface area contributed by atoms with Gasteiger partial charge >= 0.3 is 0 Å². The van der Waals surface area contributed by atoms with Crippen molar-refractivity contribution in [3.63, 3.8) is 0 Å². The maximum absolute atomic E-state index is 9.83. The van der Waals surface area contributed by atoms with Crippen LogP contribution in [-0.2, 0) is 0 Å². The summed E-state index contributed by atoms with van der Waals surface area (Å²) in [4.78, 5) is 0. The fourth-order valence-corrected chi connectivity index (χ4v) is 2.12. The Morgan fingerprint density at radius 3 is 2.20 bits per heavy atom. The lowest BCUT2D eigenvalue weighted by Crippen LogP contribution is -2.07. The van der Waals surface area contributed by atoms with Crippen LogP contribution in [0.5, 0.6) is 17.2 Å². The Hall–Kier alpha value is -2.36. The highest BCUT2D eigenvalue weighted by atomic mass is 16.5. The molecule has 0 fully saturated rings. The summed E-state index contributed by atoms with van der Waals surface area (Å²) in [5.41, 5.74) is 1.38. The van der Waals surface area contributed by atoms with Gasteiger partial charge in [0.25, 0.3) is 0 Å². The largest absolute Gasteiger partial charge is 0.507 e. The van der Waals surface area contributed by atoms with E-state index in [9.17, 15) is 10.2 Å². The molecule has 0 bridgehead atoms. The Balaban J connectivity index is 2.13. The first-order chi connectivity index (χ1) is 9.61. The average molecular weight is 273 g/mol. The quantitative estimate of drug-likeness (QED) is 0.778. The number of benzene rings is 2. The van der Waals surface area contributed by atoms with Crippen LogP contribution in [0.1, 0.15) is 25.5 Å². The molecule has 0 aliphatic heterocycles. The van der Waals surface area contributed by atoms with Gasteiger partial charge in [-0.15, -0.1) is 0 Å². The van der Waals surface area contributed by atoms with Gasteiger partial charge in [0, 0.05) is 5.69 Å². The van der Waals surface area contributed by atoms with Gasteiger partial charge < -0.3 is 20.3 Å². The molecule has 0 saturated heterocycles. The van der Waals surface area contributed by atoms with Crippen molar-refractivity contribution in [3.8, 4) is 17.2 Å². The smallest absolute Gasteiger partial charge is 0.124 e. The van der Waals surface area contributed by atoms with Gasteiger partial charge in [-0.3, -0.25) is 0 Å². The minimum Gasteiger partial charge on any atom is -0.507 e. The van der Waals surface area contributed by atoms with Crippen LogP contribution in [0, 0.1) is 0 Å². The molecule has 1 atom stereocenters. The molecule has 2 aromatic rings. The zero-order chi connectivity index (χ0) is 14.5. The van der Waals surface area contributed by atoms with Crippen molar-refractivity contribution in [3.05, 3.63) is 48.0 Å². The van der Waals surface area contributed by atoms with Gasteiger partial charge in [-0.1, -0.05) is 6.07 Å². The van der Waals surface area contributed by atoms with E-state index in [2.05, 4.69) is 5.32 Å². The van der Waals surface area contributed by atoms with E-state index in [1.165, 1.54) is 0 Å². The summed E-state index contributed by atoms with van der Waals surface area (Å²) < 4.78 is 5.38. The fraction of sp³-hybridized carbons (Fsp3) is 0.250.